The molecule has 6 nitrogen and oxygen atoms in total. The molecule has 0 radical (unpaired) electrons. The van der Waals surface area contributed by atoms with Gasteiger partial charge in [0, 0.05) is 6.54 Å². The summed E-state index contributed by atoms with van der Waals surface area (Å²) in [4.78, 5) is 12.2. The lowest BCUT2D eigenvalue weighted by molar-refractivity contribution is 0.195. The zero-order chi connectivity index (χ0) is 12.0. The molecule has 0 saturated heterocycles. The molecule has 16 heavy (non-hydrogen) atoms. The van der Waals surface area contributed by atoms with Crippen molar-refractivity contribution in [2.45, 2.75) is 33.3 Å². The smallest absolute Gasteiger partial charge is 0.324 e. The summed E-state index contributed by atoms with van der Waals surface area (Å²) in [6, 6.07) is 0.543. The predicted molar refractivity (Wildman–Crippen MR) is 60.9 cm³/mol. The van der Waals surface area contributed by atoms with Gasteiger partial charge in [0.15, 0.2) is 0 Å². The molecule has 1 heterocycles. The molecular formula is C10H18N4O2. The molecular weight excluding hydrogens is 208 g/mol. The monoisotopic (exact) mass is 226 g/mol. The Labute approximate surface area is 95.4 Å². The Kier molecular flexibility index (Phi) is 4.75. The van der Waals surface area contributed by atoms with Crippen LogP contribution in [0.25, 0.3) is 0 Å². The first-order chi connectivity index (χ1) is 7.69. The van der Waals surface area contributed by atoms with Crippen molar-refractivity contribution >= 4 is 5.95 Å². The highest BCUT2D eigenvalue weighted by molar-refractivity contribution is 5.27. The highest BCUT2D eigenvalue weighted by Crippen LogP contribution is 2.14. The van der Waals surface area contributed by atoms with Crippen molar-refractivity contribution in [1.29, 1.82) is 0 Å². The Balaban J connectivity index is 2.85. The molecule has 1 N–H and O–H groups in total. The van der Waals surface area contributed by atoms with Crippen LogP contribution in [0, 0.1) is 0 Å². The Morgan fingerprint density at radius 3 is 2.44 bits per heavy atom. The minimum Gasteiger partial charge on any atom is -0.467 e. The van der Waals surface area contributed by atoms with Crippen LogP contribution in [0.5, 0.6) is 12.0 Å². The Morgan fingerprint density at radius 1 is 1.19 bits per heavy atom. The van der Waals surface area contributed by atoms with Crippen LogP contribution in [0.3, 0.4) is 0 Å². The standard InChI is InChI=1S/C10H18N4O2/c1-5-7(3)16-10-13-8(11-6-2)12-9(14-10)15-4/h7H,5-6H2,1-4H3,(H,11,12,13,14). The molecule has 90 valence electrons. The van der Waals surface area contributed by atoms with E-state index in [2.05, 4.69) is 20.3 Å². The van der Waals surface area contributed by atoms with Gasteiger partial charge in [-0.1, -0.05) is 6.92 Å². The van der Waals surface area contributed by atoms with Crippen LogP contribution in [0.15, 0.2) is 0 Å². The van der Waals surface area contributed by atoms with Crippen molar-refractivity contribution in [2.24, 2.45) is 0 Å². The van der Waals surface area contributed by atoms with Crippen LogP contribution in [0.1, 0.15) is 27.2 Å². The van der Waals surface area contributed by atoms with Gasteiger partial charge in [-0.25, -0.2) is 0 Å². The van der Waals surface area contributed by atoms with Crippen LogP contribution in [0.2, 0.25) is 0 Å². The normalized spacial score (nSPS) is 12.0. The molecule has 0 saturated carbocycles. The van der Waals surface area contributed by atoms with Crippen LogP contribution in [-0.2, 0) is 0 Å². The number of nitrogens with zero attached hydrogens (tertiary/aromatic N) is 3. The second kappa shape index (κ2) is 6.09. The largest absolute Gasteiger partial charge is 0.467 e. The van der Waals surface area contributed by atoms with E-state index in [1.54, 1.807) is 0 Å². The maximum absolute atomic E-state index is 5.51. The minimum absolute atomic E-state index is 0.0709. The second-order valence-corrected chi connectivity index (χ2v) is 3.30. The van der Waals surface area contributed by atoms with Gasteiger partial charge in [0.25, 0.3) is 0 Å². The molecule has 0 fully saturated rings. The van der Waals surface area contributed by atoms with Gasteiger partial charge in [0.2, 0.25) is 5.95 Å². The third-order valence-electron chi connectivity index (χ3n) is 1.99. The van der Waals surface area contributed by atoms with Gasteiger partial charge in [0.05, 0.1) is 13.2 Å². The van der Waals surface area contributed by atoms with Crippen LogP contribution in [-0.4, -0.2) is 34.7 Å². The number of nitrogens with one attached hydrogen (secondary N) is 1. The summed E-state index contributed by atoms with van der Waals surface area (Å²) in [7, 11) is 1.51. The number of methoxy groups -OCH3 is 1. The van der Waals surface area contributed by atoms with Crippen LogP contribution >= 0.6 is 0 Å². The van der Waals surface area contributed by atoms with E-state index < -0.39 is 0 Å². The van der Waals surface area contributed by atoms with Crippen molar-refractivity contribution in [3.8, 4) is 12.0 Å². The Hall–Kier alpha value is -1.59. The van der Waals surface area contributed by atoms with Gasteiger partial charge in [-0.15, -0.1) is 4.98 Å². The molecule has 0 amide bonds. The molecule has 0 spiro atoms. The van der Waals surface area contributed by atoms with Gasteiger partial charge >= 0.3 is 12.0 Å². The first-order valence-corrected chi connectivity index (χ1v) is 5.40. The molecule has 1 unspecified atom stereocenters. The third-order valence-corrected chi connectivity index (χ3v) is 1.99. The lowest BCUT2D eigenvalue weighted by Gasteiger charge is -2.11. The summed E-state index contributed by atoms with van der Waals surface area (Å²) < 4.78 is 10.5. The van der Waals surface area contributed by atoms with Gasteiger partial charge in [-0.05, 0) is 20.3 Å². The fraction of sp³-hybridized carbons (Fsp3) is 0.700. The molecule has 1 aromatic rings. The molecule has 0 aliphatic heterocycles. The first kappa shape index (κ1) is 12.5. The van der Waals surface area contributed by atoms with Gasteiger partial charge < -0.3 is 14.8 Å². The number of anilines is 1. The van der Waals surface area contributed by atoms with E-state index in [0.29, 0.717) is 5.95 Å². The van der Waals surface area contributed by atoms with Gasteiger partial charge in [-0.2, -0.15) is 9.97 Å². The minimum atomic E-state index is 0.0709. The molecule has 1 rings (SSSR count). The summed E-state index contributed by atoms with van der Waals surface area (Å²) in [6.45, 7) is 6.69. The zero-order valence-corrected chi connectivity index (χ0v) is 10.1. The number of hydrogen-bond donors (Lipinski definition) is 1. The highest BCUT2D eigenvalue weighted by atomic mass is 16.5. The number of hydrogen-bond acceptors (Lipinski definition) is 6. The van der Waals surface area contributed by atoms with E-state index in [1.165, 1.54) is 7.11 Å². The summed E-state index contributed by atoms with van der Waals surface area (Å²) in [5, 5.41) is 2.99. The summed E-state index contributed by atoms with van der Waals surface area (Å²) in [6.07, 6.45) is 0.964. The van der Waals surface area contributed by atoms with Crippen molar-refractivity contribution in [1.82, 2.24) is 15.0 Å². The highest BCUT2D eigenvalue weighted by Gasteiger charge is 2.09. The molecule has 0 aliphatic carbocycles. The Morgan fingerprint density at radius 2 is 1.88 bits per heavy atom. The SMILES string of the molecule is CCNc1nc(OC)nc(OC(C)CC)n1. The maximum Gasteiger partial charge on any atom is 0.324 e. The van der Waals surface area contributed by atoms with Gasteiger partial charge in [0.1, 0.15) is 0 Å². The quantitative estimate of drug-likeness (QED) is 0.792. The van der Waals surface area contributed by atoms with Gasteiger partial charge in [-0.3, -0.25) is 0 Å². The first-order valence-electron chi connectivity index (χ1n) is 5.40. The maximum atomic E-state index is 5.51. The van der Waals surface area contributed by atoms with E-state index in [1.807, 2.05) is 20.8 Å². The molecule has 1 aromatic heterocycles. The zero-order valence-electron chi connectivity index (χ0n) is 10.1. The summed E-state index contributed by atoms with van der Waals surface area (Å²) in [5.41, 5.74) is 0. The van der Waals surface area contributed by atoms with E-state index in [9.17, 15) is 0 Å². The topological polar surface area (TPSA) is 69.2 Å². The van der Waals surface area contributed by atoms with Crippen molar-refractivity contribution < 1.29 is 9.47 Å². The van der Waals surface area contributed by atoms with Crippen molar-refractivity contribution in [3.05, 3.63) is 0 Å². The Bertz CT molecular complexity index is 333. The fourth-order valence-electron chi connectivity index (χ4n) is 0.982. The molecule has 0 aliphatic rings. The van der Waals surface area contributed by atoms with Crippen LogP contribution in [0.4, 0.5) is 5.95 Å². The van der Waals surface area contributed by atoms with Crippen LogP contribution < -0.4 is 14.8 Å². The number of rotatable bonds is 6. The van der Waals surface area contributed by atoms with Crippen molar-refractivity contribution in [3.63, 3.8) is 0 Å². The van der Waals surface area contributed by atoms with E-state index in [0.717, 1.165) is 13.0 Å². The number of aromatic nitrogens is 3. The molecule has 6 heteroatoms. The lowest BCUT2D eigenvalue weighted by atomic mass is 10.3. The molecule has 0 aromatic carbocycles. The van der Waals surface area contributed by atoms with E-state index in [-0.39, 0.29) is 18.1 Å². The van der Waals surface area contributed by atoms with E-state index in [4.69, 9.17) is 9.47 Å². The summed E-state index contributed by atoms with van der Waals surface area (Å²) >= 11 is 0. The average Bonchev–Trinajstić information content (AvgIpc) is 2.29. The molecule has 0 bridgehead atoms. The fourth-order valence-corrected chi connectivity index (χ4v) is 0.982. The second-order valence-electron chi connectivity index (χ2n) is 3.30. The predicted octanol–water partition coefficient (Wildman–Crippen LogP) is 1.49. The lowest BCUT2D eigenvalue weighted by Crippen LogP contribution is -2.14. The molecule has 1 atom stereocenters. The van der Waals surface area contributed by atoms with Crippen molar-refractivity contribution in [2.75, 3.05) is 19.0 Å². The number of ether oxygens (including phenoxy) is 2. The summed E-state index contributed by atoms with van der Waals surface area (Å²) in [5.74, 6) is 0.465. The third kappa shape index (κ3) is 3.52. The van der Waals surface area contributed by atoms with E-state index >= 15 is 0 Å². The average molecular weight is 226 g/mol.